The summed E-state index contributed by atoms with van der Waals surface area (Å²) < 4.78 is 172. The smallest absolute Gasteiger partial charge is 0.416 e. The minimum atomic E-state index is -5.34. The highest BCUT2D eigenvalue weighted by Crippen LogP contribution is 2.46. The number of rotatable bonds is 4. The molecule has 0 aromatic heterocycles. The quantitative estimate of drug-likeness (QED) is 0.344. The minimum Gasteiger partial charge on any atom is -0.454 e. The fourth-order valence-corrected chi connectivity index (χ4v) is 4.40. The van der Waals surface area contributed by atoms with Gasteiger partial charge in [-0.15, -0.1) is 0 Å². The number of benzene rings is 2. The number of carbonyl (C=O) groups excluding carboxylic acids is 1. The van der Waals surface area contributed by atoms with Gasteiger partial charge in [0.2, 0.25) is 11.5 Å². The zero-order valence-corrected chi connectivity index (χ0v) is 21.1. The lowest BCUT2D eigenvalue weighted by Crippen LogP contribution is -2.34. The summed E-state index contributed by atoms with van der Waals surface area (Å²) in [5.74, 6) is -10.7. The van der Waals surface area contributed by atoms with E-state index in [4.69, 9.17) is 9.47 Å². The van der Waals surface area contributed by atoms with Crippen molar-refractivity contribution in [1.29, 1.82) is 0 Å². The van der Waals surface area contributed by atoms with Crippen LogP contribution >= 0.6 is 0 Å². The molecule has 4 rings (SSSR count). The zero-order chi connectivity index (χ0) is 32.3. The molecular weight excluding hydrogens is 616 g/mol. The number of hydrogen-bond acceptors (Lipinski definition) is 4. The van der Waals surface area contributed by atoms with E-state index in [0.29, 0.717) is 0 Å². The number of halogens is 12. The average molecular weight is 632 g/mol. The van der Waals surface area contributed by atoms with Crippen LogP contribution < -0.4 is 4.74 Å². The van der Waals surface area contributed by atoms with E-state index < -0.39 is 88.2 Å². The number of ether oxygens (including phenoxy) is 2. The van der Waals surface area contributed by atoms with E-state index in [9.17, 15) is 62.6 Å². The van der Waals surface area contributed by atoms with E-state index >= 15 is 0 Å². The number of carbonyl (C=O) groups is 1. The number of fused-ring (bicyclic) bond motifs is 1. The van der Waals surface area contributed by atoms with E-state index in [1.165, 1.54) is 12.1 Å². The lowest BCUT2D eigenvalue weighted by atomic mass is 9.84. The Hall–Kier alpha value is -3.95. The first-order valence-electron chi connectivity index (χ1n) is 11.9. The standard InChI is InChI=1S/C27H16F12O4/c1-11-18(27(37,38)39)9-14(26(34,35)36)10-19(11)43-23-21(41)17-5-3-2-4-16(17)20(40)22(23)42-15-7-12(24(28,29)30)6-13(8-15)25(31,32)33/h2-11,18,20,40H,1H3. The van der Waals surface area contributed by atoms with E-state index in [-0.39, 0.29) is 41.5 Å². The Labute approximate surface area is 233 Å². The second kappa shape index (κ2) is 10.6. The van der Waals surface area contributed by atoms with Gasteiger partial charge in [-0.1, -0.05) is 37.3 Å². The largest absolute Gasteiger partial charge is 0.454 e. The first-order chi connectivity index (χ1) is 19.6. The molecule has 3 atom stereocenters. The van der Waals surface area contributed by atoms with Gasteiger partial charge in [-0.05, 0) is 29.8 Å². The van der Waals surface area contributed by atoms with Crippen LogP contribution in [0.3, 0.4) is 0 Å². The first-order valence-corrected chi connectivity index (χ1v) is 11.9. The fraction of sp³-hybridized carbons (Fsp3) is 0.296. The molecular formula is C27H16F12O4. The molecule has 2 aromatic rings. The van der Waals surface area contributed by atoms with E-state index in [1.807, 2.05) is 0 Å². The fourth-order valence-electron chi connectivity index (χ4n) is 4.40. The van der Waals surface area contributed by atoms with Crippen LogP contribution in [0.5, 0.6) is 5.75 Å². The molecule has 0 spiro atoms. The zero-order valence-electron chi connectivity index (χ0n) is 21.1. The number of aliphatic hydroxyl groups excluding tert-OH is 1. The average Bonchev–Trinajstić information content (AvgIpc) is 2.87. The van der Waals surface area contributed by atoms with Crippen molar-refractivity contribution in [3.8, 4) is 5.75 Å². The van der Waals surface area contributed by atoms with Crippen molar-refractivity contribution in [3.63, 3.8) is 0 Å². The highest BCUT2D eigenvalue weighted by atomic mass is 19.4. The van der Waals surface area contributed by atoms with Gasteiger partial charge in [0, 0.05) is 11.5 Å². The Morgan fingerprint density at radius 3 is 1.84 bits per heavy atom. The van der Waals surface area contributed by atoms with Gasteiger partial charge in [0.05, 0.1) is 22.6 Å². The molecule has 3 unspecified atom stereocenters. The molecule has 2 aliphatic carbocycles. The summed E-state index contributed by atoms with van der Waals surface area (Å²) in [4.78, 5) is 13.3. The van der Waals surface area contributed by atoms with Crippen molar-refractivity contribution in [3.05, 3.63) is 99.7 Å². The monoisotopic (exact) mass is 632 g/mol. The SMILES string of the molecule is CC1C(OC2=C(Oc3cc(C(F)(F)F)cc(C(F)(F)F)c3)C(O)c3ccccc3C2=O)=CC(C(F)(F)F)=CC1C(F)(F)F. The van der Waals surface area contributed by atoms with Gasteiger partial charge >= 0.3 is 24.7 Å². The Morgan fingerprint density at radius 2 is 1.33 bits per heavy atom. The molecule has 2 aromatic carbocycles. The normalized spacial score (nSPS) is 21.7. The van der Waals surface area contributed by atoms with Crippen molar-refractivity contribution < 1.29 is 72.1 Å². The van der Waals surface area contributed by atoms with Crippen LogP contribution in [0.25, 0.3) is 0 Å². The summed E-state index contributed by atoms with van der Waals surface area (Å²) in [5.41, 5.74) is -6.17. The number of alkyl halides is 12. The molecule has 16 heteroatoms. The summed E-state index contributed by atoms with van der Waals surface area (Å²) in [6.07, 6.45) is -23.3. The van der Waals surface area contributed by atoms with Gasteiger partial charge in [0.15, 0.2) is 5.76 Å². The summed E-state index contributed by atoms with van der Waals surface area (Å²) >= 11 is 0. The van der Waals surface area contributed by atoms with Crippen LogP contribution in [-0.2, 0) is 17.1 Å². The van der Waals surface area contributed by atoms with Crippen molar-refractivity contribution in [1.82, 2.24) is 0 Å². The summed E-state index contributed by atoms with van der Waals surface area (Å²) in [5, 5.41) is 10.9. The Bertz CT molecular complexity index is 1490. The van der Waals surface area contributed by atoms with Crippen LogP contribution in [0.1, 0.15) is 40.1 Å². The molecule has 2 aliphatic rings. The molecule has 0 amide bonds. The van der Waals surface area contributed by atoms with E-state index in [1.54, 1.807) is 0 Å². The molecule has 0 bridgehead atoms. The number of allylic oxidation sites excluding steroid dienone is 5. The van der Waals surface area contributed by atoms with Crippen molar-refractivity contribution in [2.24, 2.45) is 11.8 Å². The van der Waals surface area contributed by atoms with Gasteiger partial charge in [0.25, 0.3) is 0 Å². The molecule has 0 heterocycles. The molecule has 0 saturated heterocycles. The van der Waals surface area contributed by atoms with E-state index in [2.05, 4.69) is 0 Å². The van der Waals surface area contributed by atoms with Crippen LogP contribution in [0.15, 0.2) is 77.5 Å². The lowest BCUT2D eigenvalue weighted by molar-refractivity contribution is -0.174. The van der Waals surface area contributed by atoms with Gasteiger partial charge in [-0.25, -0.2) is 0 Å². The van der Waals surface area contributed by atoms with Crippen molar-refractivity contribution in [2.45, 2.75) is 37.7 Å². The van der Waals surface area contributed by atoms with Gasteiger partial charge in [0.1, 0.15) is 17.6 Å². The maximum atomic E-state index is 13.7. The topological polar surface area (TPSA) is 55.8 Å². The molecule has 1 N–H and O–H groups in total. The highest BCUT2D eigenvalue weighted by Gasteiger charge is 2.49. The summed E-state index contributed by atoms with van der Waals surface area (Å²) in [7, 11) is 0. The lowest BCUT2D eigenvalue weighted by Gasteiger charge is -2.32. The van der Waals surface area contributed by atoms with Gasteiger partial charge in [-0.3, -0.25) is 4.79 Å². The summed E-state index contributed by atoms with van der Waals surface area (Å²) in [6.45, 7) is 0.814. The Balaban J connectivity index is 1.90. The third-order valence-electron chi connectivity index (χ3n) is 6.54. The van der Waals surface area contributed by atoms with Crippen LogP contribution in [-0.4, -0.2) is 23.2 Å². The number of aliphatic hydroxyl groups is 1. The Morgan fingerprint density at radius 1 is 0.767 bits per heavy atom. The van der Waals surface area contributed by atoms with Gasteiger partial charge < -0.3 is 14.6 Å². The Kier molecular flexibility index (Phi) is 7.91. The molecule has 0 aliphatic heterocycles. The predicted octanol–water partition coefficient (Wildman–Crippen LogP) is 8.46. The molecule has 0 saturated carbocycles. The second-order valence-electron chi connectivity index (χ2n) is 9.48. The highest BCUT2D eigenvalue weighted by molar-refractivity contribution is 6.10. The predicted molar refractivity (Wildman–Crippen MR) is 122 cm³/mol. The van der Waals surface area contributed by atoms with Gasteiger partial charge in [-0.2, -0.15) is 52.7 Å². The molecule has 0 radical (unpaired) electrons. The summed E-state index contributed by atoms with van der Waals surface area (Å²) in [6, 6.07) is 4.69. The molecule has 4 nitrogen and oxygen atoms in total. The number of ketones is 1. The van der Waals surface area contributed by atoms with Crippen LogP contribution in [0.2, 0.25) is 0 Å². The van der Waals surface area contributed by atoms with Crippen molar-refractivity contribution in [2.75, 3.05) is 0 Å². The molecule has 0 fully saturated rings. The second-order valence-corrected chi connectivity index (χ2v) is 9.48. The number of hydrogen-bond donors (Lipinski definition) is 1. The molecule has 232 valence electrons. The third-order valence-corrected chi connectivity index (χ3v) is 6.54. The molecule has 43 heavy (non-hydrogen) atoms. The van der Waals surface area contributed by atoms with E-state index in [0.717, 1.165) is 19.1 Å². The van der Waals surface area contributed by atoms with Crippen LogP contribution in [0.4, 0.5) is 52.7 Å². The maximum absolute atomic E-state index is 13.7. The minimum absolute atomic E-state index is 0.0875. The number of Topliss-reactive ketones (excluding diaryl/α,β-unsaturated/α-hetero) is 1. The van der Waals surface area contributed by atoms with Crippen LogP contribution in [0, 0.1) is 11.8 Å². The van der Waals surface area contributed by atoms with Crippen molar-refractivity contribution >= 4 is 5.78 Å². The first kappa shape index (κ1) is 32.0. The third kappa shape index (κ3) is 6.53. The maximum Gasteiger partial charge on any atom is 0.416 e.